The lowest BCUT2D eigenvalue weighted by Crippen LogP contribution is -2.30. The number of para-hydroxylation sites is 1. The maximum absolute atomic E-state index is 13.8. The van der Waals surface area contributed by atoms with Crippen LogP contribution in [-0.2, 0) is 0 Å². The number of nitrogens with one attached hydrogen (secondary N) is 3. The first-order valence-corrected chi connectivity index (χ1v) is 8.58. The molecule has 0 spiro atoms. The molecule has 0 aliphatic carbocycles. The molecule has 1 amide bonds. The molecule has 28 heavy (non-hydrogen) atoms. The minimum atomic E-state index is -0.740. The predicted octanol–water partition coefficient (Wildman–Crippen LogP) is 3.79. The summed E-state index contributed by atoms with van der Waals surface area (Å²) >= 11 is 3.25. The van der Waals surface area contributed by atoms with Crippen molar-refractivity contribution in [1.29, 1.82) is 0 Å². The SMILES string of the molecule is O=C(NNc1ncnc(Nc2ccccc2F)c1[N+](=O)[O-])c1ccccc1Br. The van der Waals surface area contributed by atoms with Crippen molar-refractivity contribution in [2.45, 2.75) is 0 Å². The average molecular weight is 447 g/mol. The number of hydrogen-bond acceptors (Lipinski definition) is 7. The van der Waals surface area contributed by atoms with Gasteiger partial charge < -0.3 is 5.32 Å². The lowest BCUT2D eigenvalue weighted by molar-refractivity contribution is -0.383. The summed E-state index contributed by atoms with van der Waals surface area (Å²) in [7, 11) is 0. The Morgan fingerprint density at radius 2 is 1.75 bits per heavy atom. The van der Waals surface area contributed by atoms with Crippen molar-refractivity contribution < 1.29 is 14.1 Å². The predicted molar refractivity (Wildman–Crippen MR) is 104 cm³/mol. The van der Waals surface area contributed by atoms with Crippen molar-refractivity contribution in [1.82, 2.24) is 15.4 Å². The molecule has 0 saturated carbocycles. The fourth-order valence-corrected chi connectivity index (χ4v) is 2.72. The van der Waals surface area contributed by atoms with E-state index in [0.29, 0.717) is 10.0 Å². The molecule has 0 aliphatic rings. The van der Waals surface area contributed by atoms with Crippen LogP contribution in [0.4, 0.5) is 27.4 Å². The van der Waals surface area contributed by atoms with E-state index in [1.807, 2.05) is 0 Å². The van der Waals surface area contributed by atoms with Gasteiger partial charge in [-0.25, -0.2) is 14.4 Å². The molecule has 3 N–H and O–H groups in total. The number of anilines is 3. The van der Waals surface area contributed by atoms with Gasteiger partial charge in [0.25, 0.3) is 5.91 Å². The van der Waals surface area contributed by atoms with Crippen molar-refractivity contribution in [3.8, 4) is 0 Å². The number of nitrogens with zero attached hydrogens (tertiary/aromatic N) is 3. The smallest absolute Gasteiger partial charge is 0.332 e. The largest absolute Gasteiger partial charge is 0.355 e. The van der Waals surface area contributed by atoms with Gasteiger partial charge in [0.05, 0.1) is 16.2 Å². The molecule has 3 rings (SSSR count). The third kappa shape index (κ3) is 4.20. The summed E-state index contributed by atoms with van der Waals surface area (Å²) in [4.78, 5) is 30.6. The van der Waals surface area contributed by atoms with E-state index < -0.39 is 22.3 Å². The average Bonchev–Trinajstić information content (AvgIpc) is 2.68. The first-order chi connectivity index (χ1) is 13.5. The number of hydrazine groups is 1. The first-order valence-electron chi connectivity index (χ1n) is 7.79. The summed E-state index contributed by atoms with van der Waals surface area (Å²) in [5.41, 5.74) is 4.52. The summed E-state index contributed by atoms with van der Waals surface area (Å²) in [6, 6.07) is 12.3. The number of carbonyl (C=O) groups excluding carboxylic acids is 1. The van der Waals surface area contributed by atoms with Crippen LogP contribution in [0.5, 0.6) is 0 Å². The van der Waals surface area contributed by atoms with E-state index >= 15 is 0 Å². The third-order valence-corrected chi connectivity index (χ3v) is 4.24. The zero-order chi connectivity index (χ0) is 20.1. The van der Waals surface area contributed by atoms with Gasteiger partial charge in [0.1, 0.15) is 12.1 Å². The van der Waals surface area contributed by atoms with E-state index in [1.54, 1.807) is 30.3 Å². The third-order valence-electron chi connectivity index (χ3n) is 3.54. The summed E-state index contributed by atoms with van der Waals surface area (Å²) in [6.07, 6.45) is 1.04. The highest BCUT2D eigenvalue weighted by atomic mass is 79.9. The number of benzene rings is 2. The van der Waals surface area contributed by atoms with Gasteiger partial charge in [-0.05, 0) is 40.2 Å². The molecule has 0 bridgehead atoms. The maximum Gasteiger partial charge on any atom is 0.355 e. The first kappa shape index (κ1) is 19.2. The second-order valence-electron chi connectivity index (χ2n) is 5.34. The molecular formula is C17H12BrFN6O3. The Labute approximate surface area is 166 Å². The number of carbonyl (C=O) groups is 1. The van der Waals surface area contributed by atoms with Gasteiger partial charge in [-0.15, -0.1) is 0 Å². The molecule has 9 nitrogen and oxygen atoms in total. The highest BCUT2D eigenvalue weighted by Gasteiger charge is 2.24. The molecule has 11 heteroatoms. The number of hydrogen-bond donors (Lipinski definition) is 3. The molecule has 1 aromatic heterocycles. The van der Waals surface area contributed by atoms with Crippen molar-refractivity contribution in [3.05, 3.63) is 80.8 Å². The molecule has 142 valence electrons. The molecule has 0 aliphatic heterocycles. The van der Waals surface area contributed by atoms with Crippen LogP contribution in [0, 0.1) is 15.9 Å². The maximum atomic E-state index is 13.8. The monoisotopic (exact) mass is 446 g/mol. The quantitative estimate of drug-likeness (QED) is 0.388. The lowest BCUT2D eigenvalue weighted by Gasteiger charge is -2.11. The van der Waals surface area contributed by atoms with Crippen LogP contribution in [0.3, 0.4) is 0 Å². The summed E-state index contributed by atoms with van der Waals surface area (Å²) in [5.74, 6) is -1.64. The van der Waals surface area contributed by atoms with Gasteiger partial charge in [0, 0.05) is 4.47 Å². The van der Waals surface area contributed by atoms with Gasteiger partial charge in [-0.1, -0.05) is 24.3 Å². The molecule has 3 aromatic rings. The Hall–Kier alpha value is -3.60. The van der Waals surface area contributed by atoms with Gasteiger partial charge >= 0.3 is 5.69 Å². The Balaban J connectivity index is 1.85. The molecular weight excluding hydrogens is 435 g/mol. The molecule has 2 aromatic carbocycles. The molecule has 0 atom stereocenters. The van der Waals surface area contributed by atoms with E-state index in [1.165, 1.54) is 18.2 Å². The van der Waals surface area contributed by atoms with E-state index in [2.05, 4.69) is 42.1 Å². The van der Waals surface area contributed by atoms with Gasteiger partial charge in [0.2, 0.25) is 11.6 Å². The van der Waals surface area contributed by atoms with Crippen LogP contribution < -0.4 is 16.2 Å². The fraction of sp³-hybridized carbons (Fsp3) is 0. The van der Waals surface area contributed by atoms with Gasteiger partial charge in [0.15, 0.2) is 0 Å². The zero-order valence-electron chi connectivity index (χ0n) is 14.0. The number of nitro groups is 1. The molecule has 0 saturated heterocycles. The highest BCUT2D eigenvalue weighted by Crippen LogP contribution is 2.31. The fourth-order valence-electron chi connectivity index (χ4n) is 2.25. The second kappa shape index (κ2) is 8.39. The Morgan fingerprint density at radius 3 is 2.46 bits per heavy atom. The Morgan fingerprint density at radius 1 is 1.07 bits per heavy atom. The standard InChI is InChI=1S/C17H12BrFN6O3/c18-11-6-2-1-5-10(11)17(26)24-23-16-14(25(27)28)15(20-9-21-16)22-13-8-4-3-7-12(13)19/h1-9H,(H,24,26)(H2,20,21,22,23). The Kier molecular flexibility index (Phi) is 5.75. The van der Waals surface area contributed by atoms with Crippen molar-refractivity contribution in [2.75, 3.05) is 10.7 Å². The van der Waals surface area contributed by atoms with E-state index in [-0.39, 0.29) is 17.3 Å². The van der Waals surface area contributed by atoms with E-state index in [4.69, 9.17) is 0 Å². The molecule has 1 heterocycles. The van der Waals surface area contributed by atoms with Crippen molar-refractivity contribution in [3.63, 3.8) is 0 Å². The van der Waals surface area contributed by atoms with Gasteiger partial charge in [-0.3, -0.25) is 25.8 Å². The number of halogens is 2. The highest BCUT2D eigenvalue weighted by molar-refractivity contribution is 9.10. The summed E-state index contributed by atoms with van der Waals surface area (Å²) in [6.45, 7) is 0. The second-order valence-corrected chi connectivity index (χ2v) is 6.19. The van der Waals surface area contributed by atoms with Crippen molar-refractivity contribution >= 4 is 44.8 Å². The topological polar surface area (TPSA) is 122 Å². The van der Waals surface area contributed by atoms with Crippen LogP contribution in [-0.4, -0.2) is 20.8 Å². The van der Waals surface area contributed by atoms with Crippen LogP contribution in [0.1, 0.15) is 10.4 Å². The van der Waals surface area contributed by atoms with Crippen LogP contribution in [0.15, 0.2) is 59.3 Å². The molecule has 0 radical (unpaired) electrons. The minimum absolute atomic E-state index is 0.00695. The van der Waals surface area contributed by atoms with E-state index in [9.17, 15) is 19.3 Å². The number of rotatable bonds is 6. The van der Waals surface area contributed by atoms with Crippen molar-refractivity contribution in [2.24, 2.45) is 0 Å². The summed E-state index contributed by atoms with van der Waals surface area (Å²) < 4.78 is 14.4. The van der Waals surface area contributed by atoms with Crippen LogP contribution in [0.25, 0.3) is 0 Å². The number of amides is 1. The number of aromatic nitrogens is 2. The lowest BCUT2D eigenvalue weighted by atomic mass is 10.2. The van der Waals surface area contributed by atoms with E-state index in [0.717, 1.165) is 6.33 Å². The van der Waals surface area contributed by atoms with Crippen LogP contribution in [0.2, 0.25) is 0 Å². The van der Waals surface area contributed by atoms with Gasteiger partial charge in [-0.2, -0.15) is 0 Å². The Bertz CT molecular complexity index is 1050. The molecule has 0 unspecified atom stereocenters. The minimum Gasteiger partial charge on any atom is -0.332 e. The summed E-state index contributed by atoms with van der Waals surface area (Å²) in [5, 5.41) is 14.1. The van der Waals surface area contributed by atoms with Crippen LogP contribution >= 0.6 is 15.9 Å². The zero-order valence-corrected chi connectivity index (χ0v) is 15.6. The normalized spacial score (nSPS) is 10.2. The molecule has 0 fully saturated rings.